The van der Waals surface area contributed by atoms with Crippen molar-refractivity contribution in [1.82, 2.24) is 10.2 Å². The molecule has 1 atom stereocenters. The van der Waals surface area contributed by atoms with Crippen LogP contribution in [0, 0.1) is 0 Å². The number of rotatable bonds is 4. The number of esters is 1. The van der Waals surface area contributed by atoms with Crippen LogP contribution < -0.4 is 5.32 Å². The molecule has 2 rings (SSSR count). The van der Waals surface area contributed by atoms with Gasteiger partial charge in [0.15, 0.2) is 0 Å². The first-order valence-corrected chi connectivity index (χ1v) is 7.57. The average molecular weight is 344 g/mol. The van der Waals surface area contributed by atoms with E-state index >= 15 is 0 Å². The van der Waals surface area contributed by atoms with Crippen LogP contribution in [0.2, 0.25) is 0 Å². The van der Waals surface area contributed by atoms with Crippen LogP contribution >= 0.6 is 0 Å². The molecular formula is C16H19F3N2O3. The maximum Gasteiger partial charge on any atom is 0.436 e. The normalized spacial score (nSPS) is 17.5. The fraction of sp³-hybridized carbons (Fsp3) is 0.500. The van der Waals surface area contributed by atoms with E-state index < -0.39 is 23.7 Å². The molecule has 1 heterocycles. The fourth-order valence-corrected chi connectivity index (χ4v) is 2.90. The molecule has 8 heteroatoms. The smallest absolute Gasteiger partial charge is 0.436 e. The minimum Gasteiger partial charge on any atom is -0.463 e. The molecule has 1 N–H and O–H groups in total. The zero-order valence-corrected chi connectivity index (χ0v) is 13.4. The predicted octanol–water partition coefficient (Wildman–Crippen LogP) is 2.00. The molecule has 1 aromatic carbocycles. The maximum atomic E-state index is 13.9. The molecule has 5 nitrogen and oxygen atoms in total. The third-order valence-corrected chi connectivity index (χ3v) is 3.94. The highest BCUT2D eigenvalue weighted by Crippen LogP contribution is 2.37. The SMILES string of the molecule is CCOC(=O)[C@@](NC(C)=O)(N1CCc2ccccc2C1)C(F)(F)F. The van der Waals surface area contributed by atoms with E-state index in [1.54, 1.807) is 17.4 Å². The average Bonchev–Trinajstić information content (AvgIpc) is 2.51. The van der Waals surface area contributed by atoms with Crippen LogP contribution in [0.1, 0.15) is 25.0 Å². The van der Waals surface area contributed by atoms with Gasteiger partial charge in [-0.05, 0) is 24.5 Å². The Morgan fingerprint density at radius 1 is 1.25 bits per heavy atom. The Labute approximate surface area is 137 Å². The van der Waals surface area contributed by atoms with Crippen LogP contribution in [0.25, 0.3) is 0 Å². The molecule has 0 spiro atoms. The van der Waals surface area contributed by atoms with Gasteiger partial charge in [-0.3, -0.25) is 9.69 Å². The number of halogens is 3. The lowest BCUT2D eigenvalue weighted by Crippen LogP contribution is -2.73. The van der Waals surface area contributed by atoms with Crippen LogP contribution in [-0.2, 0) is 27.3 Å². The van der Waals surface area contributed by atoms with Crippen molar-refractivity contribution in [3.05, 3.63) is 35.4 Å². The van der Waals surface area contributed by atoms with Gasteiger partial charge < -0.3 is 10.1 Å². The van der Waals surface area contributed by atoms with Gasteiger partial charge in [0.25, 0.3) is 5.66 Å². The Morgan fingerprint density at radius 3 is 2.42 bits per heavy atom. The van der Waals surface area contributed by atoms with Crippen molar-refractivity contribution in [3.63, 3.8) is 0 Å². The summed E-state index contributed by atoms with van der Waals surface area (Å²) in [6.45, 7) is 1.99. The van der Waals surface area contributed by atoms with E-state index in [9.17, 15) is 22.8 Å². The van der Waals surface area contributed by atoms with Crippen LogP contribution in [-0.4, -0.2) is 41.8 Å². The van der Waals surface area contributed by atoms with Gasteiger partial charge >= 0.3 is 12.1 Å². The number of benzene rings is 1. The maximum absolute atomic E-state index is 13.9. The van der Waals surface area contributed by atoms with Gasteiger partial charge in [0, 0.05) is 20.0 Å². The minimum absolute atomic E-state index is 0.0321. The highest BCUT2D eigenvalue weighted by molar-refractivity contribution is 5.87. The zero-order chi connectivity index (χ0) is 18.0. The van der Waals surface area contributed by atoms with Crippen LogP contribution in [0.5, 0.6) is 0 Å². The molecule has 0 aliphatic carbocycles. The Bertz CT molecular complexity index is 633. The van der Waals surface area contributed by atoms with E-state index in [1.807, 2.05) is 12.1 Å². The number of nitrogens with zero attached hydrogens (tertiary/aromatic N) is 1. The molecule has 0 saturated heterocycles. The minimum atomic E-state index is -5.03. The Kier molecular flexibility index (Phi) is 5.17. The highest BCUT2D eigenvalue weighted by atomic mass is 19.4. The molecule has 0 saturated carbocycles. The molecule has 0 fully saturated rings. The van der Waals surface area contributed by atoms with E-state index in [0.29, 0.717) is 12.0 Å². The first kappa shape index (κ1) is 18.3. The van der Waals surface area contributed by atoms with E-state index in [1.165, 1.54) is 6.92 Å². The lowest BCUT2D eigenvalue weighted by atomic mass is 9.96. The van der Waals surface area contributed by atoms with Gasteiger partial charge in [-0.25, -0.2) is 4.79 Å². The molecule has 1 aromatic rings. The van der Waals surface area contributed by atoms with Gasteiger partial charge in [-0.2, -0.15) is 13.2 Å². The second kappa shape index (κ2) is 6.80. The quantitative estimate of drug-likeness (QED) is 0.849. The van der Waals surface area contributed by atoms with Crippen LogP contribution in [0.4, 0.5) is 13.2 Å². The summed E-state index contributed by atoms with van der Waals surface area (Å²) in [6, 6.07) is 7.08. The molecule has 0 bridgehead atoms. The predicted molar refractivity (Wildman–Crippen MR) is 79.8 cm³/mol. The number of carbonyl (C=O) groups is 2. The van der Waals surface area contributed by atoms with Crippen molar-refractivity contribution in [1.29, 1.82) is 0 Å². The number of alkyl halides is 3. The number of nitrogens with one attached hydrogen (secondary N) is 1. The van der Waals surface area contributed by atoms with Crippen molar-refractivity contribution < 1.29 is 27.5 Å². The monoisotopic (exact) mass is 344 g/mol. The van der Waals surface area contributed by atoms with Gasteiger partial charge in [0.2, 0.25) is 5.91 Å². The number of hydrogen-bond acceptors (Lipinski definition) is 4. The topological polar surface area (TPSA) is 58.6 Å². The lowest BCUT2D eigenvalue weighted by Gasteiger charge is -2.44. The Hall–Kier alpha value is -2.09. The van der Waals surface area contributed by atoms with Crippen molar-refractivity contribution >= 4 is 11.9 Å². The number of hydrogen-bond donors (Lipinski definition) is 1. The van der Waals surface area contributed by atoms with E-state index in [0.717, 1.165) is 17.4 Å². The van der Waals surface area contributed by atoms with Crippen molar-refractivity contribution in [2.75, 3.05) is 13.2 Å². The Morgan fingerprint density at radius 2 is 1.88 bits per heavy atom. The largest absolute Gasteiger partial charge is 0.463 e. The van der Waals surface area contributed by atoms with Crippen molar-refractivity contribution in [2.24, 2.45) is 0 Å². The molecule has 0 radical (unpaired) electrons. The Balaban J connectivity index is 2.49. The van der Waals surface area contributed by atoms with E-state index in [4.69, 9.17) is 0 Å². The molecule has 24 heavy (non-hydrogen) atoms. The summed E-state index contributed by atoms with van der Waals surface area (Å²) in [5, 5.41) is 1.81. The fourth-order valence-electron chi connectivity index (χ4n) is 2.90. The van der Waals surface area contributed by atoms with Gasteiger partial charge in [-0.1, -0.05) is 24.3 Å². The van der Waals surface area contributed by atoms with E-state index in [2.05, 4.69) is 4.74 Å². The zero-order valence-electron chi connectivity index (χ0n) is 13.4. The first-order chi connectivity index (χ1) is 11.2. The lowest BCUT2D eigenvalue weighted by molar-refractivity contribution is -0.251. The summed E-state index contributed by atoms with van der Waals surface area (Å²) in [7, 11) is 0. The second-order valence-corrected chi connectivity index (χ2v) is 5.55. The third-order valence-electron chi connectivity index (χ3n) is 3.94. The molecule has 132 valence electrons. The van der Waals surface area contributed by atoms with Crippen LogP contribution in [0.3, 0.4) is 0 Å². The number of fused-ring (bicyclic) bond motifs is 1. The standard InChI is InChI=1S/C16H19F3N2O3/c1-3-24-14(23)15(16(17,18)19,20-11(2)22)21-9-8-12-6-4-5-7-13(12)10-21/h4-7H,3,8-10H2,1-2H3,(H,20,22)/t15-/m1/s1. The molecule has 0 unspecified atom stereocenters. The first-order valence-electron chi connectivity index (χ1n) is 7.57. The molecule has 1 amide bonds. The molecule has 1 aliphatic rings. The molecular weight excluding hydrogens is 325 g/mol. The summed E-state index contributed by atoms with van der Waals surface area (Å²) in [6.07, 6.45) is -4.69. The van der Waals surface area contributed by atoms with Crippen LogP contribution in [0.15, 0.2) is 24.3 Å². The number of ether oxygens (including phenoxy) is 1. The third kappa shape index (κ3) is 3.24. The summed E-state index contributed by atoms with van der Waals surface area (Å²) in [4.78, 5) is 24.6. The summed E-state index contributed by atoms with van der Waals surface area (Å²) in [5.41, 5.74) is -1.58. The molecule has 0 aromatic heterocycles. The summed E-state index contributed by atoms with van der Waals surface area (Å²) < 4.78 is 46.4. The molecule has 1 aliphatic heterocycles. The van der Waals surface area contributed by atoms with Crippen molar-refractivity contribution in [2.45, 2.75) is 38.7 Å². The van der Waals surface area contributed by atoms with Crippen molar-refractivity contribution in [3.8, 4) is 0 Å². The van der Waals surface area contributed by atoms with E-state index in [-0.39, 0.29) is 19.7 Å². The summed E-state index contributed by atoms with van der Waals surface area (Å²) in [5.74, 6) is -2.48. The number of carbonyl (C=O) groups excluding carboxylic acids is 2. The van der Waals surface area contributed by atoms with Gasteiger partial charge in [0.05, 0.1) is 6.61 Å². The highest BCUT2D eigenvalue weighted by Gasteiger charge is 2.66. The van der Waals surface area contributed by atoms with Gasteiger partial charge in [0.1, 0.15) is 0 Å². The van der Waals surface area contributed by atoms with Gasteiger partial charge in [-0.15, -0.1) is 0 Å². The second-order valence-electron chi connectivity index (χ2n) is 5.55. The number of amides is 1. The summed E-state index contributed by atoms with van der Waals surface area (Å²) >= 11 is 0.